The van der Waals surface area contributed by atoms with Crippen LogP contribution in [0.1, 0.15) is 16.5 Å². The van der Waals surface area contributed by atoms with Crippen molar-refractivity contribution in [2.45, 2.75) is 5.38 Å². The van der Waals surface area contributed by atoms with Crippen LogP contribution >= 0.6 is 54.8 Å². The van der Waals surface area contributed by atoms with Crippen LogP contribution in [0.5, 0.6) is 0 Å². The van der Waals surface area contributed by atoms with Gasteiger partial charge < -0.3 is 0 Å². The number of halogens is 4. The van der Waals surface area contributed by atoms with Crippen molar-refractivity contribution in [2.75, 3.05) is 0 Å². The van der Waals surface area contributed by atoms with E-state index in [2.05, 4.69) is 43.3 Å². The van der Waals surface area contributed by atoms with Crippen LogP contribution in [0.2, 0.25) is 0 Å². The van der Waals surface area contributed by atoms with Crippen LogP contribution in [0.4, 0.5) is 4.39 Å². The SMILES string of the molecule is Fc1ccc(C(Cl)c2csc3c(Br)cccc23)c(Br)c1. The van der Waals surface area contributed by atoms with Gasteiger partial charge in [-0.1, -0.05) is 34.1 Å². The highest BCUT2D eigenvalue weighted by atomic mass is 79.9. The zero-order valence-electron chi connectivity index (χ0n) is 10.0. The third kappa shape index (κ3) is 2.54. The molecule has 0 spiro atoms. The van der Waals surface area contributed by atoms with Crippen LogP contribution in [0.3, 0.4) is 0 Å². The molecule has 2 aromatic carbocycles. The summed E-state index contributed by atoms with van der Waals surface area (Å²) in [5, 5.41) is 2.87. The molecule has 0 aliphatic heterocycles. The normalized spacial score (nSPS) is 12.8. The molecule has 0 bridgehead atoms. The summed E-state index contributed by atoms with van der Waals surface area (Å²) in [6.07, 6.45) is 0. The molecule has 1 aromatic heterocycles. The molecule has 20 heavy (non-hydrogen) atoms. The van der Waals surface area contributed by atoms with Crippen molar-refractivity contribution in [1.29, 1.82) is 0 Å². The van der Waals surface area contributed by atoms with Gasteiger partial charge in [-0.25, -0.2) is 4.39 Å². The quantitative estimate of drug-likeness (QED) is 0.385. The third-order valence-electron chi connectivity index (χ3n) is 3.09. The van der Waals surface area contributed by atoms with Crippen LogP contribution in [0.15, 0.2) is 50.7 Å². The van der Waals surface area contributed by atoms with Gasteiger partial charge in [-0.05, 0) is 56.0 Å². The van der Waals surface area contributed by atoms with Crippen LogP contribution < -0.4 is 0 Å². The first kappa shape index (κ1) is 14.5. The minimum absolute atomic E-state index is 0.276. The lowest BCUT2D eigenvalue weighted by Crippen LogP contribution is -1.94. The van der Waals surface area contributed by atoms with E-state index in [9.17, 15) is 4.39 Å². The van der Waals surface area contributed by atoms with Gasteiger partial charge in [0, 0.05) is 13.6 Å². The monoisotopic (exact) mass is 432 g/mol. The molecule has 0 aliphatic rings. The number of thiophene rings is 1. The van der Waals surface area contributed by atoms with E-state index in [1.807, 2.05) is 12.1 Å². The van der Waals surface area contributed by atoms with Crippen molar-refractivity contribution in [1.82, 2.24) is 0 Å². The fraction of sp³-hybridized carbons (Fsp3) is 0.0667. The lowest BCUT2D eigenvalue weighted by Gasteiger charge is -2.11. The van der Waals surface area contributed by atoms with Crippen LogP contribution in [-0.2, 0) is 0 Å². The standard InChI is InChI=1S/C15H8Br2ClFS/c16-12-3-1-2-9-11(7-20-15(9)12)14(18)10-5-4-8(19)6-13(10)17/h1-7,14H. The van der Waals surface area contributed by atoms with Gasteiger partial charge in [-0.15, -0.1) is 22.9 Å². The first-order chi connectivity index (χ1) is 9.58. The van der Waals surface area contributed by atoms with Gasteiger partial charge in [0.1, 0.15) is 5.82 Å². The number of hydrogen-bond donors (Lipinski definition) is 0. The van der Waals surface area contributed by atoms with E-state index in [1.165, 1.54) is 16.8 Å². The van der Waals surface area contributed by atoms with Gasteiger partial charge in [0.2, 0.25) is 0 Å². The fourth-order valence-electron chi connectivity index (χ4n) is 2.11. The Morgan fingerprint density at radius 1 is 1.05 bits per heavy atom. The summed E-state index contributed by atoms with van der Waals surface area (Å²) in [6.45, 7) is 0. The predicted octanol–water partition coefficient (Wildman–Crippen LogP) is 6.89. The minimum atomic E-state index is -0.312. The average Bonchev–Trinajstić information content (AvgIpc) is 2.83. The third-order valence-corrected chi connectivity index (χ3v) is 6.22. The Morgan fingerprint density at radius 2 is 1.85 bits per heavy atom. The highest BCUT2D eigenvalue weighted by molar-refractivity contribution is 9.11. The van der Waals surface area contributed by atoms with Crippen molar-refractivity contribution in [3.8, 4) is 0 Å². The zero-order chi connectivity index (χ0) is 14.3. The molecule has 0 N–H and O–H groups in total. The molecule has 1 unspecified atom stereocenters. The van der Waals surface area contributed by atoms with E-state index in [4.69, 9.17) is 11.6 Å². The number of fused-ring (bicyclic) bond motifs is 1. The minimum Gasteiger partial charge on any atom is -0.207 e. The summed E-state index contributed by atoms with van der Waals surface area (Å²) in [4.78, 5) is 0. The molecule has 1 atom stereocenters. The second kappa shape index (κ2) is 5.76. The maximum atomic E-state index is 13.2. The van der Waals surface area contributed by atoms with Gasteiger partial charge in [0.25, 0.3) is 0 Å². The number of rotatable bonds is 2. The molecule has 3 aromatic rings. The van der Waals surface area contributed by atoms with Gasteiger partial charge in [0.05, 0.1) is 5.38 Å². The summed E-state index contributed by atoms with van der Waals surface area (Å²) in [5.41, 5.74) is 1.91. The molecular formula is C15H8Br2ClFS. The summed E-state index contributed by atoms with van der Waals surface area (Å²) in [7, 11) is 0. The van der Waals surface area contributed by atoms with E-state index in [0.29, 0.717) is 4.47 Å². The molecule has 0 saturated carbocycles. The molecule has 0 radical (unpaired) electrons. The van der Waals surface area contributed by atoms with E-state index >= 15 is 0 Å². The molecule has 102 valence electrons. The Morgan fingerprint density at radius 3 is 2.60 bits per heavy atom. The lowest BCUT2D eigenvalue weighted by molar-refractivity contribution is 0.626. The molecule has 0 amide bonds. The Hall–Kier alpha value is -0.420. The summed E-state index contributed by atoms with van der Waals surface area (Å²) < 4.78 is 16.1. The molecule has 0 saturated heterocycles. The van der Waals surface area contributed by atoms with Crippen LogP contribution in [0, 0.1) is 5.82 Å². The first-order valence-corrected chi connectivity index (χ1v) is 8.73. The van der Waals surface area contributed by atoms with Crippen molar-refractivity contribution in [2.24, 2.45) is 0 Å². The number of alkyl halides is 1. The summed E-state index contributed by atoms with van der Waals surface area (Å²) in [5.74, 6) is -0.276. The van der Waals surface area contributed by atoms with Gasteiger partial charge in [-0.3, -0.25) is 0 Å². The molecule has 0 nitrogen and oxygen atoms in total. The summed E-state index contributed by atoms with van der Waals surface area (Å²) >= 11 is 15.2. The zero-order valence-corrected chi connectivity index (χ0v) is 14.8. The average molecular weight is 435 g/mol. The Balaban J connectivity index is 2.13. The van der Waals surface area contributed by atoms with Crippen molar-refractivity contribution >= 4 is 64.9 Å². The molecule has 3 rings (SSSR count). The number of benzene rings is 2. The van der Waals surface area contributed by atoms with Crippen molar-refractivity contribution in [3.05, 3.63) is 67.7 Å². The first-order valence-electron chi connectivity index (χ1n) is 5.82. The summed E-state index contributed by atoms with van der Waals surface area (Å²) in [6, 6.07) is 10.7. The van der Waals surface area contributed by atoms with Gasteiger partial charge in [0.15, 0.2) is 0 Å². The van der Waals surface area contributed by atoms with Gasteiger partial charge in [-0.2, -0.15) is 0 Å². The van der Waals surface area contributed by atoms with Crippen molar-refractivity contribution < 1.29 is 4.39 Å². The molecule has 0 aliphatic carbocycles. The Kier molecular flexibility index (Phi) is 4.18. The highest BCUT2D eigenvalue weighted by Gasteiger charge is 2.18. The van der Waals surface area contributed by atoms with E-state index in [0.717, 1.165) is 21.0 Å². The second-order valence-electron chi connectivity index (χ2n) is 4.34. The largest absolute Gasteiger partial charge is 0.207 e. The van der Waals surface area contributed by atoms with Crippen molar-refractivity contribution in [3.63, 3.8) is 0 Å². The molecule has 1 heterocycles. The number of hydrogen-bond acceptors (Lipinski definition) is 1. The van der Waals surface area contributed by atoms with Crippen LogP contribution in [0.25, 0.3) is 10.1 Å². The smallest absolute Gasteiger partial charge is 0.124 e. The van der Waals surface area contributed by atoms with Gasteiger partial charge >= 0.3 is 0 Å². The fourth-order valence-corrected chi connectivity index (χ4v) is 4.92. The maximum absolute atomic E-state index is 13.2. The van der Waals surface area contributed by atoms with E-state index < -0.39 is 0 Å². The molecular weight excluding hydrogens is 426 g/mol. The topological polar surface area (TPSA) is 0 Å². The van der Waals surface area contributed by atoms with E-state index in [1.54, 1.807) is 17.4 Å². The lowest BCUT2D eigenvalue weighted by atomic mass is 10.0. The Labute approximate surface area is 141 Å². The Bertz CT molecular complexity index is 785. The maximum Gasteiger partial charge on any atom is 0.124 e. The molecule has 0 fully saturated rings. The van der Waals surface area contributed by atoms with E-state index in [-0.39, 0.29) is 11.2 Å². The second-order valence-corrected chi connectivity index (χ2v) is 7.36. The predicted molar refractivity (Wildman–Crippen MR) is 91.3 cm³/mol. The highest BCUT2D eigenvalue weighted by Crippen LogP contribution is 2.41. The van der Waals surface area contributed by atoms with Crippen LogP contribution in [-0.4, -0.2) is 0 Å². The molecule has 5 heteroatoms.